The predicted molar refractivity (Wildman–Crippen MR) is 141 cm³/mol. The molecule has 2 aliphatic rings. The number of hydrogen-bond acceptors (Lipinski definition) is 22. The normalized spacial score (nSPS) is 36.4. The lowest BCUT2D eigenvalue weighted by Crippen LogP contribution is -2.59. The van der Waals surface area contributed by atoms with Crippen LogP contribution in [0.4, 0.5) is 0 Å². The molecule has 2 unspecified atom stereocenters. The maximum atomic E-state index is 11.6. The summed E-state index contributed by atoms with van der Waals surface area (Å²) in [6.45, 7) is -4.57. The summed E-state index contributed by atoms with van der Waals surface area (Å²) in [5.41, 5.74) is 0. The third kappa shape index (κ3) is 11.5. The maximum Gasteiger partial charge on any atom is 0.189 e. The summed E-state index contributed by atoms with van der Waals surface area (Å²) in [4.78, 5) is 11.6. The predicted octanol–water partition coefficient (Wildman–Crippen LogP) is -11.3. The van der Waals surface area contributed by atoms with Crippen molar-refractivity contribution in [1.82, 2.24) is 0 Å². The largest absolute Gasteiger partial charge is 0.394 e. The molecule has 17 atom stereocenters. The molecule has 46 heavy (non-hydrogen) atoms. The van der Waals surface area contributed by atoms with E-state index in [0.29, 0.717) is 0 Å². The average Bonchev–Trinajstić information content (AvgIpc) is 3.06. The van der Waals surface area contributed by atoms with E-state index in [1.54, 1.807) is 0 Å². The zero-order chi connectivity index (χ0) is 35.5. The number of aliphatic hydroxyl groups is 17. The number of ether oxygens (including phenoxy) is 4. The fourth-order valence-corrected chi connectivity index (χ4v) is 4.02. The van der Waals surface area contributed by atoms with Crippen molar-refractivity contribution in [2.24, 2.45) is 0 Å². The molecule has 2 fully saturated rings. The molecule has 0 spiro atoms. The van der Waals surface area contributed by atoms with Gasteiger partial charge < -0.3 is 106 Å². The molecule has 0 saturated carbocycles. The Morgan fingerprint density at radius 3 is 1.35 bits per heavy atom. The molecule has 0 aromatic carbocycles. The van der Waals surface area contributed by atoms with E-state index in [2.05, 4.69) is 0 Å². The van der Waals surface area contributed by atoms with Gasteiger partial charge >= 0.3 is 0 Å². The zero-order valence-corrected chi connectivity index (χ0v) is 24.2. The first-order valence-electron chi connectivity index (χ1n) is 13.8. The van der Waals surface area contributed by atoms with Gasteiger partial charge in [0.25, 0.3) is 0 Å². The second kappa shape index (κ2) is 20.4. The van der Waals surface area contributed by atoms with E-state index in [-0.39, 0.29) is 0 Å². The van der Waals surface area contributed by atoms with E-state index < -0.39 is 150 Å². The highest BCUT2D eigenvalue weighted by molar-refractivity contribution is 5.84. The minimum atomic E-state index is -2.05. The van der Waals surface area contributed by atoms with Gasteiger partial charge in [-0.15, -0.1) is 0 Å². The van der Waals surface area contributed by atoms with Gasteiger partial charge in [0, 0.05) is 0 Å². The van der Waals surface area contributed by atoms with Crippen molar-refractivity contribution in [3.8, 4) is 0 Å². The van der Waals surface area contributed by atoms with Crippen molar-refractivity contribution < 1.29 is 111 Å². The topological polar surface area (TPSA) is 398 Å². The Morgan fingerprint density at radius 1 is 0.543 bits per heavy atom. The van der Waals surface area contributed by atoms with Gasteiger partial charge in [0.1, 0.15) is 98.2 Å². The third-order valence-electron chi connectivity index (χ3n) is 7.08. The molecule has 2 rings (SSSR count). The van der Waals surface area contributed by atoms with Crippen LogP contribution < -0.4 is 0 Å². The van der Waals surface area contributed by atoms with Crippen LogP contribution in [-0.4, -0.2) is 236 Å². The van der Waals surface area contributed by atoms with Gasteiger partial charge in [-0.05, 0) is 0 Å². The van der Waals surface area contributed by atoms with Crippen LogP contribution in [0, 0.1) is 0 Å². The van der Waals surface area contributed by atoms with Crippen LogP contribution in [0.5, 0.6) is 0 Å². The van der Waals surface area contributed by atoms with E-state index >= 15 is 0 Å². The Balaban J connectivity index is 0.000000460. The van der Waals surface area contributed by atoms with E-state index in [9.17, 15) is 66.1 Å². The quantitative estimate of drug-likeness (QED) is 0.0716. The smallest absolute Gasteiger partial charge is 0.189 e. The lowest BCUT2D eigenvalue weighted by atomic mass is 9.99. The molecule has 0 aromatic heterocycles. The number of aliphatic hydroxyl groups excluding tert-OH is 17. The molecule has 17 N–H and O–H groups in total. The first-order chi connectivity index (χ1) is 21.5. The molecule has 0 aromatic rings. The minimum absolute atomic E-state index is 0.655. The Morgan fingerprint density at radius 2 is 0.935 bits per heavy atom. The molecule has 0 bridgehead atoms. The molecule has 274 valence electrons. The number of Topliss-reactive ketones (excluding diaryl/α,β-unsaturated/α-hetero) is 1. The monoisotopic (exact) mass is 686 g/mol. The third-order valence-corrected chi connectivity index (χ3v) is 7.08. The molecular weight excluding hydrogens is 640 g/mol. The van der Waals surface area contributed by atoms with Crippen LogP contribution in [0.1, 0.15) is 0 Å². The van der Waals surface area contributed by atoms with Crippen molar-refractivity contribution in [1.29, 1.82) is 0 Å². The lowest BCUT2D eigenvalue weighted by Gasteiger charge is -2.40. The van der Waals surface area contributed by atoms with Gasteiger partial charge in [-0.25, -0.2) is 0 Å². The standard InChI is InChI=1S/C12H24O11.C12H22O11/c2*13-1-4(15)7(17)8(18)5(16)3-22-12-11(21)10(20)9(19)6(2-14)23-12/h4-21H,1-3H2;4,6-15,17-21H,1-3H2/t4-,5-,6-,7-,8-,9-,10+,11-,12?;4-,6-,7+,8+,9-,10+,11-,12?/m11/s1. The van der Waals surface area contributed by atoms with E-state index in [0.717, 1.165) is 0 Å². The fraction of sp³-hybridized carbons (Fsp3) is 0.958. The second-order valence-electron chi connectivity index (χ2n) is 10.5. The summed E-state index contributed by atoms with van der Waals surface area (Å²) in [6, 6.07) is 0. The van der Waals surface area contributed by atoms with Crippen LogP contribution in [0.2, 0.25) is 0 Å². The Kier molecular flexibility index (Phi) is 19.0. The summed E-state index contributed by atoms with van der Waals surface area (Å²) in [5.74, 6) is -1.08. The number of hydrogen-bond donors (Lipinski definition) is 17. The van der Waals surface area contributed by atoms with Gasteiger partial charge in [-0.3, -0.25) is 4.79 Å². The molecule has 22 heteroatoms. The summed E-state index contributed by atoms with van der Waals surface area (Å²) >= 11 is 0. The molecule has 2 heterocycles. The van der Waals surface area contributed by atoms with Crippen LogP contribution in [-0.2, 0) is 23.7 Å². The minimum Gasteiger partial charge on any atom is -0.394 e. The molecular formula is C24H46O22. The number of carbonyl (C=O) groups excluding carboxylic acids is 1. The summed E-state index contributed by atoms with van der Waals surface area (Å²) in [7, 11) is 0. The zero-order valence-electron chi connectivity index (χ0n) is 24.2. The summed E-state index contributed by atoms with van der Waals surface area (Å²) < 4.78 is 19.8. The van der Waals surface area contributed by atoms with Gasteiger partial charge in [0.2, 0.25) is 0 Å². The van der Waals surface area contributed by atoms with E-state index in [1.165, 1.54) is 0 Å². The van der Waals surface area contributed by atoms with Gasteiger partial charge in [0.05, 0.1) is 33.0 Å². The first kappa shape index (κ1) is 42.9. The molecule has 0 aliphatic carbocycles. The Hall–Kier alpha value is -1.17. The van der Waals surface area contributed by atoms with Gasteiger partial charge in [0.15, 0.2) is 18.4 Å². The SMILES string of the molecule is O=C(COC1O[C@H](CO)[C@@H](O)[C@H](O)[C@H]1O)[C@H](O)[C@@H](O)[C@H](O)CO.OC[C@@H](O)[C@@H](O)[C@H](O)[C@H](O)COC1O[C@H](CO)[C@@H](O)[C@H](O)[C@H]1O. The van der Waals surface area contributed by atoms with Crippen LogP contribution in [0.25, 0.3) is 0 Å². The number of ketones is 1. The summed E-state index contributed by atoms with van der Waals surface area (Å²) in [6.07, 6.45) is -28.2. The van der Waals surface area contributed by atoms with Crippen LogP contribution in [0.15, 0.2) is 0 Å². The van der Waals surface area contributed by atoms with E-state index in [4.69, 9.17) is 44.5 Å². The molecule has 0 radical (unpaired) electrons. The van der Waals surface area contributed by atoms with Gasteiger partial charge in [-0.1, -0.05) is 0 Å². The van der Waals surface area contributed by atoms with Crippen molar-refractivity contribution in [2.45, 2.75) is 104 Å². The molecule has 22 nitrogen and oxygen atoms in total. The van der Waals surface area contributed by atoms with Crippen LogP contribution >= 0.6 is 0 Å². The first-order valence-corrected chi connectivity index (χ1v) is 13.8. The number of rotatable bonds is 16. The molecule has 0 amide bonds. The Bertz CT molecular complexity index is 851. The summed E-state index contributed by atoms with van der Waals surface area (Å²) in [5, 5.41) is 159. The second-order valence-corrected chi connectivity index (χ2v) is 10.5. The molecule has 2 saturated heterocycles. The maximum absolute atomic E-state index is 11.6. The highest BCUT2D eigenvalue weighted by atomic mass is 16.7. The van der Waals surface area contributed by atoms with E-state index in [1.807, 2.05) is 0 Å². The highest BCUT2D eigenvalue weighted by Gasteiger charge is 2.46. The van der Waals surface area contributed by atoms with Crippen molar-refractivity contribution in [3.05, 3.63) is 0 Å². The van der Waals surface area contributed by atoms with Crippen molar-refractivity contribution in [2.75, 3.05) is 39.6 Å². The van der Waals surface area contributed by atoms with Crippen LogP contribution in [0.3, 0.4) is 0 Å². The fourth-order valence-electron chi connectivity index (χ4n) is 4.02. The van der Waals surface area contributed by atoms with Crippen molar-refractivity contribution >= 4 is 5.78 Å². The van der Waals surface area contributed by atoms with Crippen molar-refractivity contribution in [3.63, 3.8) is 0 Å². The molecule has 2 aliphatic heterocycles. The van der Waals surface area contributed by atoms with Gasteiger partial charge in [-0.2, -0.15) is 0 Å². The lowest BCUT2D eigenvalue weighted by molar-refractivity contribution is -0.306. The average molecular weight is 687 g/mol. The number of carbonyl (C=O) groups is 1. The highest BCUT2D eigenvalue weighted by Crippen LogP contribution is 2.23. The Labute approximate surface area is 260 Å².